The van der Waals surface area contributed by atoms with Crippen molar-refractivity contribution < 1.29 is 9.90 Å². The molecule has 5 nitrogen and oxygen atoms in total. The molecule has 0 bridgehead atoms. The lowest BCUT2D eigenvalue weighted by Gasteiger charge is -2.26. The van der Waals surface area contributed by atoms with E-state index in [1.54, 1.807) is 24.6 Å². The highest BCUT2D eigenvalue weighted by molar-refractivity contribution is 6.41. The molecule has 1 atom stereocenters. The van der Waals surface area contributed by atoms with Crippen LogP contribution in [0.3, 0.4) is 0 Å². The van der Waals surface area contributed by atoms with Crippen molar-refractivity contribution in [2.24, 2.45) is 12.5 Å². The zero-order valence-electron chi connectivity index (χ0n) is 12.8. The van der Waals surface area contributed by atoms with Crippen LogP contribution >= 0.6 is 23.2 Å². The number of hydrogen-bond acceptors (Lipinski definition) is 2. The predicted molar refractivity (Wildman–Crippen MR) is 85.8 cm³/mol. The lowest BCUT2D eigenvalue weighted by atomic mass is 9.87. The van der Waals surface area contributed by atoms with Gasteiger partial charge in [0, 0.05) is 19.3 Å². The monoisotopic (exact) mass is 335 g/mol. The number of amides is 2. The molecule has 1 aromatic rings. The van der Waals surface area contributed by atoms with Gasteiger partial charge in [-0.1, -0.05) is 37.0 Å². The zero-order valence-corrected chi connectivity index (χ0v) is 14.3. The largest absolute Gasteiger partial charge is 0.393 e. The van der Waals surface area contributed by atoms with Crippen molar-refractivity contribution in [3.8, 4) is 0 Å². The number of nitrogens with one attached hydrogen (secondary N) is 2. The average molecular weight is 336 g/mol. The van der Waals surface area contributed by atoms with E-state index in [0.29, 0.717) is 29.7 Å². The molecule has 1 unspecified atom stereocenters. The summed E-state index contributed by atoms with van der Waals surface area (Å²) < 4.78 is 1.72. The molecule has 0 saturated heterocycles. The van der Waals surface area contributed by atoms with Gasteiger partial charge in [-0.2, -0.15) is 0 Å². The van der Waals surface area contributed by atoms with Gasteiger partial charge in [-0.3, -0.25) is 0 Å². The maximum Gasteiger partial charge on any atom is 0.315 e. The van der Waals surface area contributed by atoms with Crippen LogP contribution in [0.2, 0.25) is 10.2 Å². The molecule has 0 aromatic carbocycles. The Morgan fingerprint density at radius 2 is 2.05 bits per heavy atom. The maximum absolute atomic E-state index is 11.8. The number of aromatic nitrogens is 1. The summed E-state index contributed by atoms with van der Waals surface area (Å²) in [5.74, 6) is 0. The quantitative estimate of drug-likeness (QED) is 0.748. The summed E-state index contributed by atoms with van der Waals surface area (Å²) in [6.07, 6.45) is 0.230. The van der Waals surface area contributed by atoms with Crippen LogP contribution in [0.5, 0.6) is 0 Å². The number of aliphatic hydroxyl groups excluding tert-OH is 1. The normalized spacial score (nSPS) is 13.1. The molecule has 21 heavy (non-hydrogen) atoms. The van der Waals surface area contributed by atoms with Gasteiger partial charge in [-0.15, -0.1) is 0 Å². The van der Waals surface area contributed by atoms with Crippen LogP contribution in [0.25, 0.3) is 0 Å². The summed E-state index contributed by atoms with van der Waals surface area (Å²) in [4.78, 5) is 11.8. The Morgan fingerprint density at radius 3 is 2.52 bits per heavy atom. The third-order valence-electron chi connectivity index (χ3n) is 3.22. The number of halogens is 2. The van der Waals surface area contributed by atoms with E-state index in [-0.39, 0.29) is 11.4 Å². The summed E-state index contributed by atoms with van der Waals surface area (Å²) in [5.41, 5.74) is 0.659. The summed E-state index contributed by atoms with van der Waals surface area (Å²) >= 11 is 11.9. The molecule has 0 fully saturated rings. The molecule has 7 heteroatoms. The van der Waals surface area contributed by atoms with Crippen molar-refractivity contribution in [2.45, 2.75) is 39.8 Å². The lowest BCUT2D eigenvalue weighted by Crippen LogP contribution is -2.41. The van der Waals surface area contributed by atoms with Gasteiger partial charge in [-0.25, -0.2) is 4.79 Å². The number of carbonyl (C=O) groups is 1. The van der Waals surface area contributed by atoms with Gasteiger partial charge in [-0.05, 0) is 24.8 Å². The molecule has 1 aromatic heterocycles. The van der Waals surface area contributed by atoms with E-state index in [2.05, 4.69) is 10.6 Å². The second-order valence-corrected chi connectivity index (χ2v) is 6.85. The van der Waals surface area contributed by atoms with Crippen LogP contribution in [-0.4, -0.2) is 28.4 Å². The number of aliphatic hydroxyl groups is 1. The molecule has 0 spiro atoms. The van der Waals surface area contributed by atoms with Gasteiger partial charge in [0.2, 0.25) is 0 Å². The van der Waals surface area contributed by atoms with Crippen molar-refractivity contribution in [1.82, 2.24) is 15.2 Å². The van der Waals surface area contributed by atoms with E-state index in [1.807, 2.05) is 13.8 Å². The van der Waals surface area contributed by atoms with Crippen molar-refractivity contribution in [3.63, 3.8) is 0 Å². The molecule has 1 heterocycles. The average Bonchev–Trinajstić information content (AvgIpc) is 2.60. The highest BCUT2D eigenvalue weighted by Gasteiger charge is 2.21. The van der Waals surface area contributed by atoms with E-state index in [4.69, 9.17) is 23.2 Å². The summed E-state index contributed by atoms with van der Waals surface area (Å²) in [6, 6.07) is 1.46. The van der Waals surface area contributed by atoms with Crippen molar-refractivity contribution in [3.05, 3.63) is 21.9 Å². The third-order valence-corrected chi connectivity index (χ3v) is 4.06. The Kier molecular flexibility index (Phi) is 6.38. The van der Waals surface area contributed by atoms with Gasteiger partial charge < -0.3 is 20.3 Å². The number of nitrogens with zero attached hydrogens (tertiary/aromatic N) is 1. The van der Waals surface area contributed by atoms with E-state index in [1.165, 1.54) is 0 Å². The smallest absolute Gasteiger partial charge is 0.315 e. The fourth-order valence-electron chi connectivity index (χ4n) is 2.18. The van der Waals surface area contributed by atoms with Gasteiger partial charge in [0.1, 0.15) is 5.15 Å². The van der Waals surface area contributed by atoms with Crippen LogP contribution < -0.4 is 10.6 Å². The first-order valence-corrected chi connectivity index (χ1v) is 7.57. The molecular weight excluding hydrogens is 313 g/mol. The Morgan fingerprint density at radius 1 is 1.43 bits per heavy atom. The number of urea groups is 1. The zero-order chi connectivity index (χ0) is 16.2. The molecule has 0 radical (unpaired) electrons. The minimum absolute atomic E-state index is 0.164. The van der Waals surface area contributed by atoms with Crippen molar-refractivity contribution in [1.29, 1.82) is 0 Å². The van der Waals surface area contributed by atoms with E-state index >= 15 is 0 Å². The first kappa shape index (κ1) is 18.1. The first-order chi connectivity index (χ1) is 9.62. The number of hydrogen-bond donors (Lipinski definition) is 3. The fourth-order valence-corrected chi connectivity index (χ4v) is 2.60. The molecular formula is C14H23Cl2N3O2. The Hall–Kier alpha value is -0.910. The molecule has 0 saturated carbocycles. The molecule has 3 N–H and O–H groups in total. The Balaban J connectivity index is 2.43. The number of rotatable bonds is 6. The highest BCUT2D eigenvalue weighted by Crippen LogP contribution is 2.25. The Labute approximate surface area is 135 Å². The summed E-state index contributed by atoms with van der Waals surface area (Å²) in [7, 11) is 1.79. The lowest BCUT2D eigenvalue weighted by molar-refractivity contribution is 0.129. The van der Waals surface area contributed by atoms with Gasteiger partial charge in [0.25, 0.3) is 0 Å². The second kappa shape index (κ2) is 7.38. The topological polar surface area (TPSA) is 66.3 Å². The fraction of sp³-hybridized carbons (Fsp3) is 0.643. The van der Waals surface area contributed by atoms with Crippen LogP contribution in [0, 0.1) is 5.41 Å². The second-order valence-electron chi connectivity index (χ2n) is 6.09. The van der Waals surface area contributed by atoms with E-state index in [0.717, 1.165) is 5.69 Å². The van der Waals surface area contributed by atoms with Gasteiger partial charge >= 0.3 is 6.03 Å². The van der Waals surface area contributed by atoms with Crippen LogP contribution in [0.15, 0.2) is 6.07 Å². The molecule has 0 aliphatic rings. The van der Waals surface area contributed by atoms with Gasteiger partial charge in [0.05, 0.1) is 17.7 Å². The standard InChI is InChI=1S/C14H23Cl2N3O2/c1-9(20)6-14(2,3)8-18-13(21)17-7-10-5-11(15)12(16)19(10)4/h5,9,20H,6-8H2,1-4H3,(H2,17,18,21). The van der Waals surface area contributed by atoms with Crippen LogP contribution in [0.4, 0.5) is 4.79 Å². The molecule has 0 aliphatic heterocycles. The molecule has 120 valence electrons. The minimum atomic E-state index is -0.391. The minimum Gasteiger partial charge on any atom is -0.393 e. The van der Waals surface area contributed by atoms with E-state index in [9.17, 15) is 9.90 Å². The first-order valence-electron chi connectivity index (χ1n) is 6.82. The van der Waals surface area contributed by atoms with Gasteiger partial charge in [0.15, 0.2) is 0 Å². The third kappa shape index (κ3) is 5.77. The summed E-state index contributed by atoms with van der Waals surface area (Å²) in [5, 5.41) is 15.9. The molecule has 2 amide bonds. The molecule has 1 rings (SSSR count). The van der Waals surface area contributed by atoms with Crippen LogP contribution in [-0.2, 0) is 13.6 Å². The highest BCUT2D eigenvalue weighted by atomic mass is 35.5. The predicted octanol–water partition coefficient (Wildman–Crippen LogP) is 2.93. The Bertz CT molecular complexity index is 499. The van der Waals surface area contributed by atoms with Crippen LogP contribution in [0.1, 0.15) is 32.9 Å². The maximum atomic E-state index is 11.8. The number of carbonyl (C=O) groups excluding carboxylic acids is 1. The SMILES string of the molecule is CC(O)CC(C)(C)CNC(=O)NCc1cc(Cl)c(Cl)n1C. The van der Waals surface area contributed by atoms with Crippen molar-refractivity contribution >= 4 is 29.2 Å². The van der Waals surface area contributed by atoms with E-state index < -0.39 is 6.10 Å². The van der Waals surface area contributed by atoms with Crippen molar-refractivity contribution in [2.75, 3.05) is 6.54 Å². The summed E-state index contributed by atoms with van der Waals surface area (Å²) in [6.45, 7) is 6.56. The molecule has 0 aliphatic carbocycles.